The fraction of sp³-hybridized carbons (Fsp3) is 0.0930. The van der Waals surface area contributed by atoms with Gasteiger partial charge in [0.05, 0.1) is 15.7 Å². The third kappa shape index (κ3) is 8.93. The molecule has 0 saturated carbocycles. The van der Waals surface area contributed by atoms with Crippen LogP contribution in [0.4, 0.5) is 16.4 Å². The van der Waals surface area contributed by atoms with E-state index < -0.39 is 17.1 Å². The fourth-order valence-corrected chi connectivity index (χ4v) is 7.73. The smallest absolute Gasteiger partial charge is 0.272 e. The maximum Gasteiger partial charge on any atom is 0.272 e. The highest BCUT2D eigenvalue weighted by molar-refractivity contribution is 8.00. The van der Waals surface area contributed by atoms with E-state index in [0.29, 0.717) is 43.7 Å². The highest BCUT2D eigenvalue weighted by Crippen LogP contribution is 2.35. The lowest BCUT2D eigenvalue weighted by atomic mass is 10.0. The molecule has 0 aliphatic rings. The molecule has 4 amide bonds. The van der Waals surface area contributed by atoms with Gasteiger partial charge in [-0.2, -0.15) is 5.26 Å². The monoisotopic (exact) mass is 749 g/mol. The molecule has 0 fully saturated rings. The highest BCUT2D eigenvalue weighted by atomic mass is 32.2. The van der Waals surface area contributed by atoms with Crippen LogP contribution in [0.1, 0.15) is 50.1 Å². The van der Waals surface area contributed by atoms with E-state index in [9.17, 15) is 24.4 Å². The zero-order valence-corrected chi connectivity index (χ0v) is 31.0. The lowest BCUT2D eigenvalue weighted by Crippen LogP contribution is -2.30. The molecule has 6 rings (SSSR count). The number of carbonyl (C=O) groups excluding carboxylic acids is 4. The predicted octanol–water partition coefficient (Wildman–Crippen LogP) is 9.25. The second-order valence-electron chi connectivity index (χ2n) is 12.1. The zero-order valence-electron chi connectivity index (χ0n) is 29.4. The van der Waals surface area contributed by atoms with Gasteiger partial charge in [0.25, 0.3) is 17.7 Å². The van der Waals surface area contributed by atoms with Crippen LogP contribution in [0.5, 0.6) is 0 Å². The van der Waals surface area contributed by atoms with Crippen LogP contribution in [0.25, 0.3) is 16.8 Å². The number of fused-ring (bicyclic) bond motifs is 1. The van der Waals surface area contributed by atoms with Crippen LogP contribution in [0, 0.1) is 18.3 Å². The molecule has 0 bridgehead atoms. The summed E-state index contributed by atoms with van der Waals surface area (Å²) in [4.78, 5) is 54.8. The molecule has 1 unspecified atom stereocenters. The Morgan fingerprint density at radius 2 is 1.44 bits per heavy atom. The number of hydrogen-bond donors (Lipinski definition) is 4. The van der Waals surface area contributed by atoms with Gasteiger partial charge < -0.3 is 21.3 Å². The number of benzene rings is 5. The molecule has 0 spiro atoms. The first-order valence-electron chi connectivity index (χ1n) is 17.1. The number of amides is 4. The van der Waals surface area contributed by atoms with Gasteiger partial charge in [0.1, 0.15) is 16.8 Å². The molecule has 0 aliphatic heterocycles. The fourth-order valence-electron chi connectivity index (χ4n) is 5.66. The molecule has 6 aromatic rings. The molecule has 1 atom stereocenters. The van der Waals surface area contributed by atoms with Crippen molar-refractivity contribution < 1.29 is 19.2 Å². The maximum absolute atomic E-state index is 13.8. The van der Waals surface area contributed by atoms with E-state index in [1.165, 1.54) is 11.8 Å². The summed E-state index contributed by atoms with van der Waals surface area (Å²) in [5, 5.41) is 23.0. The first-order chi connectivity index (χ1) is 26.2. The van der Waals surface area contributed by atoms with E-state index in [4.69, 9.17) is 0 Å². The largest absolute Gasteiger partial charge is 0.321 e. The molecule has 11 heteroatoms. The van der Waals surface area contributed by atoms with Crippen LogP contribution in [0.3, 0.4) is 0 Å². The van der Waals surface area contributed by atoms with E-state index in [1.807, 2.05) is 79.7 Å². The van der Waals surface area contributed by atoms with Crippen LogP contribution in [0.15, 0.2) is 138 Å². The van der Waals surface area contributed by atoms with E-state index in [2.05, 4.69) is 27.3 Å². The van der Waals surface area contributed by atoms with Gasteiger partial charge in [0.15, 0.2) is 0 Å². The third-order valence-electron chi connectivity index (χ3n) is 8.42. The minimum absolute atomic E-state index is 0.0560. The van der Waals surface area contributed by atoms with Crippen molar-refractivity contribution >= 4 is 80.0 Å². The Morgan fingerprint density at radius 3 is 2.19 bits per heavy atom. The number of para-hydroxylation sites is 1. The molecule has 9 nitrogen and oxygen atoms in total. The lowest BCUT2D eigenvalue weighted by Gasteiger charge is -2.16. The van der Waals surface area contributed by atoms with Gasteiger partial charge >= 0.3 is 0 Å². The number of thioether (sulfide) groups is 1. The van der Waals surface area contributed by atoms with Crippen LogP contribution < -0.4 is 21.3 Å². The summed E-state index contributed by atoms with van der Waals surface area (Å²) in [7, 11) is 0. The van der Waals surface area contributed by atoms with Gasteiger partial charge in [-0.25, -0.2) is 0 Å². The van der Waals surface area contributed by atoms with Crippen molar-refractivity contribution in [1.29, 1.82) is 5.26 Å². The summed E-state index contributed by atoms with van der Waals surface area (Å²) in [6, 6.07) is 40.4. The average molecular weight is 750 g/mol. The standard InChI is InChI=1S/C43H35N5O4S2/c1-3-37(41(51)48-43-35(26-44)27(2)38(54-43)42(52)45-31-19-8-5-9-20-31)53-33-22-13-21-32(25-33)46-40(50)36(47-39(49)29-15-6-4-7-16-29)24-30-18-12-17-28-14-10-11-23-34(28)30/h4-25,37H,3H2,1-2H3,(H,45,52)(H,46,50)(H,47,49)(H,48,51)/b36-24+. The first-order valence-corrected chi connectivity index (χ1v) is 18.8. The van der Waals surface area contributed by atoms with Crippen molar-refractivity contribution in [2.24, 2.45) is 0 Å². The molecular weight excluding hydrogens is 715 g/mol. The maximum atomic E-state index is 13.8. The van der Waals surface area contributed by atoms with Crippen LogP contribution >= 0.6 is 23.1 Å². The second-order valence-corrected chi connectivity index (χ2v) is 14.4. The number of nitrogens with zero attached hydrogens (tertiary/aromatic N) is 1. The molecular formula is C43H35N5O4S2. The van der Waals surface area contributed by atoms with Gasteiger partial charge in [-0.1, -0.05) is 91.9 Å². The summed E-state index contributed by atoms with van der Waals surface area (Å²) in [6.45, 7) is 3.57. The Labute approximate surface area is 321 Å². The molecule has 5 aromatic carbocycles. The average Bonchev–Trinajstić information content (AvgIpc) is 3.51. The van der Waals surface area contributed by atoms with Crippen LogP contribution in [0.2, 0.25) is 0 Å². The normalized spacial score (nSPS) is 11.6. The highest BCUT2D eigenvalue weighted by Gasteiger charge is 2.25. The van der Waals surface area contributed by atoms with Crippen molar-refractivity contribution in [3.05, 3.63) is 160 Å². The van der Waals surface area contributed by atoms with Gasteiger partial charge in [-0.05, 0) is 83.8 Å². The van der Waals surface area contributed by atoms with Gasteiger partial charge in [-0.15, -0.1) is 23.1 Å². The Morgan fingerprint density at radius 1 is 0.778 bits per heavy atom. The molecule has 0 radical (unpaired) electrons. The Balaban J connectivity index is 1.19. The van der Waals surface area contributed by atoms with Crippen LogP contribution in [-0.4, -0.2) is 28.9 Å². The van der Waals surface area contributed by atoms with Crippen LogP contribution in [-0.2, 0) is 9.59 Å². The van der Waals surface area contributed by atoms with Crippen molar-refractivity contribution in [3.8, 4) is 6.07 Å². The number of rotatable bonds is 12. The summed E-state index contributed by atoms with van der Waals surface area (Å²) < 4.78 is 0. The topological polar surface area (TPSA) is 140 Å². The van der Waals surface area contributed by atoms with Gasteiger partial charge in [-0.3, -0.25) is 19.2 Å². The first kappa shape index (κ1) is 37.3. The van der Waals surface area contributed by atoms with Crippen molar-refractivity contribution in [3.63, 3.8) is 0 Å². The summed E-state index contributed by atoms with van der Waals surface area (Å²) in [6.07, 6.45) is 2.12. The summed E-state index contributed by atoms with van der Waals surface area (Å²) in [5.74, 6) is -1.64. The number of nitriles is 1. The second kappa shape index (κ2) is 17.4. The molecule has 268 valence electrons. The van der Waals surface area contributed by atoms with Crippen molar-refractivity contribution in [2.75, 3.05) is 16.0 Å². The number of thiophene rings is 1. The molecule has 1 aromatic heterocycles. The molecule has 1 heterocycles. The van der Waals surface area contributed by atoms with Crippen molar-refractivity contribution in [1.82, 2.24) is 5.32 Å². The Bertz CT molecular complexity index is 2410. The predicted molar refractivity (Wildman–Crippen MR) is 218 cm³/mol. The molecule has 54 heavy (non-hydrogen) atoms. The Hall–Kier alpha value is -6.48. The minimum Gasteiger partial charge on any atom is -0.321 e. The number of carbonyl (C=O) groups is 4. The molecule has 0 saturated heterocycles. The SMILES string of the molecule is CCC(Sc1cccc(NC(=O)/C(=C\c2cccc3ccccc23)NC(=O)c2ccccc2)c1)C(=O)Nc1sc(C(=O)Nc2ccccc2)c(C)c1C#N. The minimum atomic E-state index is -0.557. The van der Waals surface area contributed by atoms with Gasteiger partial charge in [0.2, 0.25) is 5.91 Å². The molecule has 0 aliphatic carbocycles. The van der Waals surface area contributed by atoms with E-state index in [1.54, 1.807) is 67.6 Å². The molecule has 4 N–H and O–H groups in total. The third-order valence-corrected chi connectivity index (χ3v) is 11.0. The lowest BCUT2D eigenvalue weighted by molar-refractivity contribution is -0.116. The summed E-state index contributed by atoms with van der Waals surface area (Å²) in [5.41, 5.74) is 3.04. The number of hydrogen-bond acceptors (Lipinski definition) is 7. The quantitative estimate of drug-likeness (QED) is 0.0727. The van der Waals surface area contributed by atoms with Gasteiger partial charge in [0, 0.05) is 21.8 Å². The zero-order chi connectivity index (χ0) is 38.0. The number of nitrogens with one attached hydrogen (secondary N) is 4. The van der Waals surface area contributed by atoms with E-state index >= 15 is 0 Å². The van der Waals surface area contributed by atoms with Crippen molar-refractivity contribution in [2.45, 2.75) is 30.4 Å². The number of anilines is 3. The Kier molecular flexibility index (Phi) is 12.0. The van der Waals surface area contributed by atoms with E-state index in [-0.39, 0.29) is 23.1 Å². The van der Waals surface area contributed by atoms with E-state index in [0.717, 1.165) is 27.7 Å². The summed E-state index contributed by atoms with van der Waals surface area (Å²) >= 11 is 2.36.